The number of aromatic nitrogens is 1. The van der Waals surface area contributed by atoms with E-state index < -0.39 is 5.97 Å². The van der Waals surface area contributed by atoms with Gasteiger partial charge in [-0.2, -0.15) is 0 Å². The summed E-state index contributed by atoms with van der Waals surface area (Å²) in [6.45, 7) is 0. The summed E-state index contributed by atoms with van der Waals surface area (Å²) in [5.74, 6) is 0.940. The summed E-state index contributed by atoms with van der Waals surface area (Å²) in [5.41, 5.74) is 2.36. The number of ether oxygens (including phenoxy) is 3. The molecule has 0 amide bonds. The highest BCUT2D eigenvalue weighted by molar-refractivity contribution is 5.91. The first-order valence-corrected chi connectivity index (χ1v) is 8.32. The molecule has 0 unspecified atom stereocenters. The van der Waals surface area contributed by atoms with Crippen molar-refractivity contribution in [1.82, 2.24) is 4.98 Å². The number of hydrogen-bond acceptors (Lipinski definition) is 5. The Hall–Kier alpha value is -3.60. The predicted molar refractivity (Wildman–Crippen MR) is 104 cm³/mol. The second-order valence-electron chi connectivity index (χ2n) is 5.65. The summed E-state index contributed by atoms with van der Waals surface area (Å²) in [4.78, 5) is 16.4. The van der Waals surface area contributed by atoms with Crippen LogP contribution >= 0.6 is 0 Å². The van der Waals surface area contributed by atoms with Gasteiger partial charge < -0.3 is 14.2 Å². The fourth-order valence-electron chi connectivity index (χ4n) is 2.45. The smallest absolute Gasteiger partial charge is 0.343 e. The number of esters is 1. The minimum atomic E-state index is -0.479. The summed E-state index contributed by atoms with van der Waals surface area (Å²) >= 11 is 0. The van der Waals surface area contributed by atoms with Crippen LogP contribution < -0.4 is 14.2 Å². The average molecular weight is 361 g/mol. The van der Waals surface area contributed by atoms with Crippen LogP contribution in [0.5, 0.6) is 17.2 Å². The third-order valence-electron chi connectivity index (χ3n) is 3.87. The maximum atomic E-state index is 12.4. The molecular weight excluding hydrogens is 342 g/mol. The van der Waals surface area contributed by atoms with Crippen LogP contribution in [-0.2, 0) is 0 Å². The number of hydrogen-bond donors (Lipinski definition) is 0. The molecule has 5 nitrogen and oxygen atoms in total. The summed E-state index contributed by atoms with van der Waals surface area (Å²) < 4.78 is 16.0. The molecule has 1 heterocycles. The molecule has 0 aliphatic rings. The van der Waals surface area contributed by atoms with Crippen LogP contribution in [0.1, 0.15) is 21.5 Å². The molecule has 136 valence electrons. The van der Waals surface area contributed by atoms with E-state index in [9.17, 15) is 4.79 Å². The lowest BCUT2D eigenvalue weighted by Crippen LogP contribution is -2.09. The van der Waals surface area contributed by atoms with Crippen molar-refractivity contribution in [3.8, 4) is 17.2 Å². The predicted octanol–water partition coefficient (Wildman–Crippen LogP) is 4.49. The van der Waals surface area contributed by atoms with Gasteiger partial charge in [-0.25, -0.2) is 4.79 Å². The second-order valence-corrected chi connectivity index (χ2v) is 5.65. The van der Waals surface area contributed by atoms with Crippen LogP contribution in [0.15, 0.2) is 67.0 Å². The van der Waals surface area contributed by atoms with Crippen LogP contribution in [0.2, 0.25) is 0 Å². The first-order valence-electron chi connectivity index (χ1n) is 8.32. The lowest BCUT2D eigenvalue weighted by atomic mass is 10.1. The maximum Gasteiger partial charge on any atom is 0.343 e. The van der Waals surface area contributed by atoms with Gasteiger partial charge in [-0.05, 0) is 53.6 Å². The maximum absolute atomic E-state index is 12.4. The number of carbonyl (C=O) groups is 1. The second kappa shape index (κ2) is 8.67. The van der Waals surface area contributed by atoms with E-state index in [1.54, 1.807) is 49.8 Å². The fourth-order valence-corrected chi connectivity index (χ4v) is 2.45. The Morgan fingerprint density at radius 2 is 1.63 bits per heavy atom. The highest BCUT2D eigenvalue weighted by Gasteiger charge is 2.13. The number of rotatable bonds is 6. The van der Waals surface area contributed by atoms with E-state index in [1.807, 2.05) is 36.4 Å². The molecule has 2 aromatic carbocycles. The SMILES string of the molecule is COc1cccc(C(=O)Oc2ccc(/C=C/c3ccncc3)cc2OC)c1. The molecule has 0 aliphatic carbocycles. The zero-order valence-electron chi connectivity index (χ0n) is 15.1. The molecule has 3 rings (SSSR count). The van der Waals surface area contributed by atoms with Crippen molar-refractivity contribution in [1.29, 1.82) is 0 Å². The molecule has 0 spiro atoms. The number of carbonyl (C=O) groups excluding carboxylic acids is 1. The first-order chi connectivity index (χ1) is 13.2. The van der Waals surface area contributed by atoms with Gasteiger partial charge in [0, 0.05) is 12.4 Å². The van der Waals surface area contributed by atoms with Gasteiger partial charge >= 0.3 is 5.97 Å². The van der Waals surface area contributed by atoms with Crippen molar-refractivity contribution >= 4 is 18.1 Å². The Morgan fingerprint density at radius 1 is 0.852 bits per heavy atom. The van der Waals surface area contributed by atoms with Crippen molar-refractivity contribution in [2.75, 3.05) is 14.2 Å². The monoisotopic (exact) mass is 361 g/mol. The summed E-state index contributed by atoms with van der Waals surface area (Å²) in [7, 11) is 3.08. The Kier molecular flexibility index (Phi) is 5.84. The van der Waals surface area contributed by atoms with Gasteiger partial charge in [-0.15, -0.1) is 0 Å². The van der Waals surface area contributed by atoms with Crippen molar-refractivity contribution in [2.45, 2.75) is 0 Å². The summed E-state index contributed by atoms with van der Waals surface area (Å²) in [6.07, 6.45) is 7.40. The molecule has 0 saturated heterocycles. The van der Waals surface area contributed by atoms with Crippen LogP contribution in [0.25, 0.3) is 12.2 Å². The van der Waals surface area contributed by atoms with E-state index in [4.69, 9.17) is 14.2 Å². The minimum absolute atomic E-state index is 0.353. The molecule has 0 N–H and O–H groups in total. The fraction of sp³-hybridized carbons (Fsp3) is 0.0909. The molecule has 5 heteroatoms. The molecule has 0 aliphatic heterocycles. The van der Waals surface area contributed by atoms with Crippen molar-refractivity contribution in [3.63, 3.8) is 0 Å². The Bertz CT molecular complexity index is 952. The van der Waals surface area contributed by atoms with E-state index in [0.717, 1.165) is 11.1 Å². The molecule has 0 bridgehead atoms. The molecule has 0 saturated carbocycles. The van der Waals surface area contributed by atoms with Crippen LogP contribution in [0.4, 0.5) is 0 Å². The van der Waals surface area contributed by atoms with Gasteiger partial charge in [0.25, 0.3) is 0 Å². The molecule has 0 atom stereocenters. The van der Waals surface area contributed by atoms with E-state index in [1.165, 1.54) is 7.11 Å². The van der Waals surface area contributed by atoms with Crippen LogP contribution in [-0.4, -0.2) is 25.2 Å². The molecule has 0 fully saturated rings. The number of benzene rings is 2. The van der Waals surface area contributed by atoms with Crippen LogP contribution in [0, 0.1) is 0 Å². The normalized spacial score (nSPS) is 10.6. The van der Waals surface area contributed by atoms with E-state index >= 15 is 0 Å². The Balaban J connectivity index is 1.78. The third kappa shape index (κ3) is 4.73. The largest absolute Gasteiger partial charge is 0.497 e. The summed E-state index contributed by atoms with van der Waals surface area (Å²) in [5, 5.41) is 0. The number of nitrogens with zero attached hydrogens (tertiary/aromatic N) is 1. The van der Waals surface area contributed by atoms with Gasteiger partial charge in [0.05, 0.1) is 19.8 Å². The number of methoxy groups -OCH3 is 2. The standard InChI is InChI=1S/C22H19NO4/c1-25-19-5-3-4-18(15-19)22(24)27-20-9-8-17(14-21(20)26-2)7-6-16-10-12-23-13-11-16/h3-15H,1-2H3/b7-6+. The third-order valence-corrected chi connectivity index (χ3v) is 3.87. The van der Waals surface area contributed by atoms with Gasteiger partial charge in [0.1, 0.15) is 5.75 Å². The van der Waals surface area contributed by atoms with Crippen molar-refractivity contribution in [2.24, 2.45) is 0 Å². The van der Waals surface area contributed by atoms with Gasteiger partial charge in [-0.3, -0.25) is 4.98 Å². The zero-order chi connectivity index (χ0) is 19.1. The molecule has 0 radical (unpaired) electrons. The van der Waals surface area contributed by atoms with E-state index in [2.05, 4.69) is 4.98 Å². The quantitative estimate of drug-likeness (QED) is 0.478. The molecule has 3 aromatic rings. The van der Waals surface area contributed by atoms with Gasteiger partial charge in [0.2, 0.25) is 0 Å². The van der Waals surface area contributed by atoms with E-state index in [-0.39, 0.29) is 0 Å². The molecular formula is C22H19NO4. The molecule has 27 heavy (non-hydrogen) atoms. The summed E-state index contributed by atoms with van der Waals surface area (Å²) in [6, 6.07) is 16.0. The minimum Gasteiger partial charge on any atom is -0.497 e. The Morgan fingerprint density at radius 3 is 2.37 bits per heavy atom. The van der Waals surface area contributed by atoms with Gasteiger partial charge in [-0.1, -0.05) is 24.3 Å². The number of pyridine rings is 1. The van der Waals surface area contributed by atoms with Crippen molar-refractivity contribution in [3.05, 3.63) is 83.7 Å². The van der Waals surface area contributed by atoms with Crippen LogP contribution in [0.3, 0.4) is 0 Å². The Labute approximate surface area is 157 Å². The average Bonchev–Trinajstić information content (AvgIpc) is 2.73. The lowest BCUT2D eigenvalue weighted by molar-refractivity contribution is 0.0729. The van der Waals surface area contributed by atoms with Crippen molar-refractivity contribution < 1.29 is 19.0 Å². The first kappa shape index (κ1) is 18.2. The highest BCUT2D eigenvalue weighted by atomic mass is 16.6. The molecule has 1 aromatic heterocycles. The topological polar surface area (TPSA) is 57.7 Å². The van der Waals surface area contributed by atoms with Gasteiger partial charge in [0.15, 0.2) is 11.5 Å². The zero-order valence-corrected chi connectivity index (χ0v) is 15.1. The lowest BCUT2D eigenvalue weighted by Gasteiger charge is -2.10. The van der Waals surface area contributed by atoms with E-state index in [0.29, 0.717) is 22.8 Å². The highest BCUT2D eigenvalue weighted by Crippen LogP contribution is 2.30.